The van der Waals surface area contributed by atoms with Crippen LogP contribution >= 0.6 is 0 Å². The van der Waals surface area contributed by atoms with Crippen molar-refractivity contribution in [3.63, 3.8) is 0 Å². The zero-order chi connectivity index (χ0) is 17.5. The number of aryl methyl sites for hydroxylation is 2. The molecule has 1 N–H and O–H groups in total. The first-order valence-electron chi connectivity index (χ1n) is 8.99. The van der Waals surface area contributed by atoms with Crippen LogP contribution in [0, 0.1) is 0 Å². The van der Waals surface area contributed by atoms with Crippen molar-refractivity contribution < 1.29 is 0 Å². The van der Waals surface area contributed by atoms with Gasteiger partial charge in [0.1, 0.15) is 0 Å². The number of hydrogen-bond acceptors (Lipinski definition) is 2. The average molecular weight is 338 g/mol. The second-order valence-electron chi connectivity index (χ2n) is 6.83. The fourth-order valence-corrected chi connectivity index (χ4v) is 4.00. The molecule has 3 heteroatoms. The molecule has 4 aromatic rings. The fourth-order valence-electron chi connectivity index (χ4n) is 4.00. The van der Waals surface area contributed by atoms with E-state index in [1.165, 1.54) is 24.0 Å². The summed E-state index contributed by atoms with van der Waals surface area (Å²) in [6.07, 6.45) is 5.36. The highest BCUT2D eigenvalue weighted by molar-refractivity contribution is 5.97. The van der Waals surface area contributed by atoms with Crippen molar-refractivity contribution in [2.45, 2.75) is 19.3 Å². The molecular weight excluding hydrogens is 320 g/mol. The van der Waals surface area contributed by atoms with E-state index in [0.717, 1.165) is 39.7 Å². The van der Waals surface area contributed by atoms with Crippen molar-refractivity contribution in [1.29, 1.82) is 0 Å². The Bertz CT molecular complexity index is 1190. The molecule has 2 aromatic heterocycles. The summed E-state index contributed by atoms with van der Waals surface area (Å²) in [5.74, 6) is 0. The molecular formula is C23H18N2O. The van der Waals surface area contributed by atoms with Crippen LogP contribution in [-0.4, -0.2) is 9.97 Å². The van der Waals surface area contributed by atoms with E-state index in [1.807, 2.05) is 36.5 Å². The first kappa shape index (κ1) is 15.1. The van der Waals surface area contributed by atoms with E-state index in [9.17, 15) is 4.79 Å². The SMILES string of the molecule is O=c1cc(-c2cccnc2-c2ccc3c(c2)CCC3)c2ccccc2[nH]1. The predicted octanol–water partition coefficient (Wildman–Crippen LogP) is 4.75. The molecule has 0 atom stereocenters. The molecule has 3 nitrogen and oxygen atoms in total. The largest absolute Gasteiger partial charge is 0.322 e. The Hall–Kier alpha value is -3.20. The van der Waals surface area contributed by atoms with Gasteiger partial charge in [-0.05, 0) is 54.2 Å². The topological polar surface area (TPSA) is 45.8 Å². The van der Waals surface area contributed by atoms with Gasteiger partial charge in [-0.25, -0.2) is 0 Å². The summed E-state index contributed by atoms with van der Waals surface area (Å²) in [6, 6.07) is 20.2. The van der Waals surface area contributed by atoms with Gasteiger partial charge in [-0.15, -0.1) is 0 Å². The molecule has 0 aliphatic heterocycles. The zero-order valence-corrected chi connectivity index (χ0v) is 14.3. The number of rotatable bonds is 2. The summed E-state index contributed by atoms with van der Waals surface area (Å²) in [5.41, 5.74) is 7.59. The van der Waals surface area contributed by atoms with Gasteiger partial charge in [0, 0.05) is 34.3 Å². The van der Waals surface area contributed by atoms with Crippen LogP contribution in [0.2, 0.25) is 0 Å². The third-order valence-corrected chi connectivity index (χ3v) is 5.22. The summed E-state index contributed by atoms with van der Waals surface area (Å²) >= 11 is 0. The van der Waals surface area contributed by atoms with E-state index in [4.69, 9.17) is 0 Å². The maximum absolute atomic E-state index is 12.2. The number of aromatic amines is 1. The van der Waals surface area contributed by atoms with Crippen molar-refractivity contribution in [3.05, 3.63) is 88.3 Å². The Balaban J connectivity index is 1.77. The molecule has 126 valence electrons. The van der Waals surface area contributed by atoms with Crippen LogP contribution in [0.3, 0.4) is 0 Å². The van der Waals surface area contributed by atoms with Crippen LogP contribution in [0.15, 0.2) is 71.7 Å². The number of hydrogen-bond donors (Lipinski definition) is 1. The van der Waals surface area contributed by atoms with Gasteiger partial charge in [-0.1, -0.05) is 36.4 Å². The van der Waals surface area contributed by atoms with E-state index in [1.54, 1.807) is 6.07 Å². The zero-order valence-electron chi connectivity index (χ0n) is 14.3. The minimum atomic E-state index is -0.0949. The summed E-state index contributed by atoms with van der Waals surface area (Å²) in [5, 5.41) is 1.03. The standard InChI is InChI=1S/C23H18N2O/c26-22-14-20(18-7-1-2-9-21(18)25-22)19-8-4-12-24-23(19)17-11-10-15-5-3-6-16(15)13-17/h1-2,4,7-14H,3,5-6H2,(H,25,26). The third-order valence-electron chi connectivity index (χ3n) is 5.22. The second-order valence-corrected chi connectivity index (χ2v) is 6.83. The molecule has 0 amide bonds. The number of para-hydroxylation sites is 1. The Morgan fingerprint density at radius 1 is 0.846 bits per heavy atom. The Morgan fingerprint density at radius 3 is 2.69 bits per heavy atom. The molecule has 0 bridgehead atoms. The van der Waals surface area contributed by atoms with Crippen LogP contribution in [-0.2, 0) is 12.8 Å². The summed E-state index contributed by atoms with van der Waals surface area (Å²) < 4.78 is 0. The maximum atomic E-state index is 12.2. The number of benzene rings is 2. The van der Waals surface area contributed by atoms with Crippen molar-refractivity contribution in [3.8, 4) is 22.4 Å². The van der Waals surface area contributed by atoms with Crippen molar-refractivity contribution in [2.24, 2.45) is 0 Å². The fraction of sp³-hybridized carbons (Fsp3) is 0.130. The highest BCUT2D eigenvalue weighted by atomic mass is 16.1. The average Bonchev–Trinajstić information content (AvgIpc) is 3.15. The van der Waals surface area contributed by atoms with Gasteiger partial charge < -0.3 is 4.98 Å². The molecule has 2 aromatic carbocycles. The van der Waals surface area contributed by atoms with Crippen LogP contribution in [0.4, 0.5) is 0 Å². The van der Waals surface area contributed by atoms with Crippen molar-refractivity contribution in [1.82, 2.24) is 9.97 Å². The Kier molecular flexibility index (Phi) is 3.45. The number of fused-ring (bicyclic) bond motifs is 2. The van der Waals surface area contributed by atoms with Gasteiger partial charge >= 0.3 is 0 Å². The molecule has 0 spiro atoms. The van der Waals surface area contributed by atoms with E-state index in [0.29, 0.717) is 0 Å². The smallest absolute Gasteiger partial charge is 0.249 e. The van der Waals surface area contributed by atoms with Crippen molar-refractivity contribution >= 4 is 10.9 Å². The molecule has 0 saturated heterocycles. The minimum Gasteiger partial charge on any atom is -0.322 e. The lowest BCUT2D eigenvalue weighted by Gasteiger charge is -2.12. The van der Waals surface area contributed by atoms with E-state index in [-0.39, 0.29) is 5.56 Å². The second kappa shape index (κ2) is 5.95. The highest BCUT2D eigenvalue weighted by Crippen LogP contribution is 2.35. The first-order valence-corrected chi connectivity index (χ1v) is 8.99. The van der Waals surface area contributed by atoms with E-state index >= 15 is 0 Å². The molecule has 1 aliphatic rings. The lowest BCUT2D eigenvalue weighted by molar-refractivity contribution is 0.912. The molecule has 0 saturated carbocycles. The van der Waals surface area contributed by atoms with E-state index in [2.05, 4.69) is 34.2 Å². The quantitative estimate of drug-likeness (QED) is 0.573. The number of H-pyrrole nitrogens is 1. The van der Waals surface area contributed by atoms with Crippen LogP contribution in [0.1, 0.15) is 17.5 Å². The van der Waals surface area contributed by atoms with Gasteiger partial charge in [0.25, 0.3) is 0 Å². The highest BCUT2D eigenvalue weighted by Gasteiger charge is 2.16. The minimum absolute atomic E-state index is 0.0949. The third kappa shape index (κ3) is 2.44. The predicted molar refractivity (Wildman–Crippen MR) is 105 cm³/mol. The number of nitrogens with zero attached hydrogens (tertiary/aromatic N) is 1. The molecule has 5 rings (SSSR count). The molecule has 0 unspecified atom stereocenters. The van der Waals surface area contributed by atoms with Crippen molar-refractivity contribution in [2.75, 3.05) is 0 Å². The summed E-state index contributed by atoms with van der Waals surface area (Å²) in [7, 11) is 0. The van der Waals surface area contributed by atoms with Gasteiger partial charge in [0.15, 0.2) is 0 Å². The lowest BCUT2D eigenvalue weighted by atomic mass is 9.95. The number of aromatic nitrogens is 2. The molecule has 2 heterocycles. The van der Waals surface area contributed by atoms with Crippen LogP contribution in [0.25, 0.3) is 33.3 Å². The lowest BCUT2D eigenvalue weighted by Crippen LogP contribution is -2.05. The summed E-state index contributed by atoms with van der Waals surface area (Å²) in [4.78, 5) is 19.8. The molecule has 0 radical (unpaired) electrons. The van der Waals surface area contributed by atoms with Gasteiger partial charge in [0.2, 0.25) is 5.56 Å². The van der Waals surface area contributed by atoms with Gasteiger partial charge in [0.05, 0.1) is 5.69 Å². The normalized spacial score (nSPS) is 13.1. The summed E-state index contributed by atoms with van der Waals surface area (Å²) in [6.45, 7) is 0. The number of nitrogens with one attached hydrogen (secondary N) is 1. The molecule has 26 heavy (non-hydrogen) atoms. The van der Waals surface area contributed by atoms with Crippen LogP contribution in [0.5, 0.6) is 0 Å². The first-order chi connectivity index (χ1) is 12.8. The van der Waals surface area contributed by atoms with Gasteiger partial charge in [-0.2, -0.15) is 0 Å². The molecule has 1 aliphatic carbocycles. The van der Waals surface area contributed by atoms with E-state index < -0.39 is 0 Å². The Labute approximate surface area is 151 Å². The van der Waals surface area contributed by atoms with Crippen LogP contribution < -0.4 is 5.56 Å². The monoisotopic (exact) mass is 338 g/mol. The Morgan fingerprint density at radius 2 is 1.73 bits per heavy atom. The molecule has 0 fully saturated rings. The van der Waals surface area contributed by atoms with Gasteiger partial charge in [-0.3, -0.25) is 9.78 Å². The number of pyridine rings is 2. The maximum Gasteiger partial charge on any atom is 0.249 e.